The second kappa shape index (κ2) is 14.9. The molecule has 13 nitrogen and oxygen atoms in total. The molecule has 2 aromatic carbocycles. The lowest BCUT2D eigenvalue weighted by atomic mass is 10.0. The Morgan fingerprint density at radius 3 is 2.43 bits per heavy atom. The van der Waals surface area contributed by atoms with Crippen LogP contribution >= 0.6 is 0 Å². The SMILES string of the molecule is C/C(N)=N/N=C(\N)c1ccc(CNC(=O)CCCCCCCOc2cccc3c2C(=O)N(C2CCC(=O)NC2=O)C3=O)cc1. The van der Waals surface area contributed by atoms with Gasteiger partial charge in [-0.05, 0) is 43.9 Å². The summed E-state index contributed by atoms with van der Waals surface area (Å²) in [7, 11) is 0. The molecule has 1 saturated heterocycles. The molecule has 2 aliphatic heterocycles. The zero-order valence-electron chi connectivity index (χ0n) is 24.6. The summed E-state index contributed by atoms with van der Waals surface area (Å²) in [6, 6.07) is 11.1. The number of amides is 5. The van der Waals surface area contributed by atoms with Gasteiger partial charge in [-0.2, -0.15) is 0 Å². The Hall–Kier alpha value is -5.07. The van der Waals surface area contributed by atoms with Crippen molar-refractivity contribution in [1.29, 1.82) is 0 Å². The third kappa shape index (κ3) is 8.06. The van der Waals surface area contributed by atoms with Gasteiger partial charge in [0.2, 0.25) is 17.7 Å². The number of piperidine rings is 1. The fraction of sp³-hybridized carbons (Fsp3) is 0.387. The van der Waals surface area contributed by atoms with Crippen LogP contribution in [0, 0.1) is 0 Å². The predicted octanol–water partition coefficient (Wildman–Crippen LogP) is 2.12. The summed E-state index contributed by atoms with van der Waals surface area (Å²) in [5.74, 6) is -1.37. The van der Waals surface area contributed by atoms with Crippen LogP contribution < -0.4 is 26.8 Å². The van der Waals surface area contributed by atoms with Crippen LogP contribution in [0.25, 0.3) is 0 Å². The Bertz CT molecular complexity index is 1480. The van der Waals surface area contributed by atoms with Crippen LogP contribution in [0.2, 0.25) is 0 Å². The van der Waals surface area contributed by atoms with Gasteiger partial charge in [-0.1, -0.05) is 49.6 Å². The number of benzene rings is 2. The number of hydrogen-bond donors (Lipinski definition) is 4. The average molecular weight is 604 g/mol. The van der Waals surface area contributed by atoms with Gasteiger partial charge in [0.25, 0.3) is 11.8 Å². The lowest BCUT2D eigenvalue weighted by molar-refractivity contribution is -0.136. The van der Waals surface area contributed by atoms with Gasteiger partial charge in [0, 0.05) is 24.9 Å². The number of imide groups is 2. The number of carbonyl (C=O) groups is 5. The lowest BCUT2D eigenvalue weighted by Gasteiger charge is -2.27. The maximum atomic E-state index is 13.1. The van der Waals surface area contributed by atoms with Gasteiger partial charge in [0.15, 0.2) is 5.84 Å². The standard InChI is InChI=1S/C31H37N7O6/c1-19(32)36-37-28(33)21-13-11-20(12-14-21)18-34-25(39)10-5-3-2-4-6-17-44-24-9-7-8-22-27(24)31(43)38(30(22)42)23-15-16-26(40)35-29(23)41/h7-9,11-14,23H,2-6,10,15-18H2,1H3,(H2,32,36)(H2,33,37)(H,34,39)(H,35,40,41). The summed E-state index contributed by atoms with van der Waals surface area (Å²) in [5, 5.41) is 12.7. The van der Waals surface area contributed by atoms with Crippen LogP contribution in [0.15, 0.2) is 52.7 Å². The van der Waals surface area contributed by atoms with Crippen molar-refractivity contribution in [2.24, 2.45) is 21.7 Å². The summed E-state index contributed by atoms with van der Waals surface area (Å²) in [6.07, 6.45) is 4.77. The lowest BCUT2D eigenvalue weighted by Crippen LogP contribution is -2.54. The molecule has 0 saturated carbocycles. The van der Waals surface area contributed by atoms with Crippen molar-refractivity contribution in [2.45, 2.75) is 70.9 Å². The number of nitrogens with two attached hydrogens (primary N) is 2. The van der Waals surface area contributed by atoms with E-state index in [0.29, 0.717) is 36.7 Å². The molecule has 232 valence electrons. The first-order valence-corrected chi connectivity index (χ1v) is 14.6. The molecule has 4 rings (SSSR count). The van der Waals surface area contributed by atoms with Crippen LogP contribution in [0.5, 0.6) is 5.75 Å². The second-order valence-electron chi connectivity index (χ2n) is 10.7. The van der Waals surface area contributed by atoms with Crippen LogP contribution in [0.4, 0.5) is 0 Å². The molecule has 1 atom stereocenters. The molecular formula is C31H37N7O6. The summed E-state index contributed by atoms with van der Waals surface area (Å²) in [6.45, 7) is 2.39. The van der Waals surface area contributed by atoms with Gasteiger partial charge < -0.3 is 21.5 Å². The van der Waals surface area contributed by atoms with Crippen molar-refractivity contribution in [3.8, 4) is 5.75 Å². The molecular weight excluding hydrogens is 566 g/mol. The number of unbranched alkanes of at least 4 members (excludes halogenated alkanes) is 4. The van der Waals surface area contributed by atoms with Gasteiger partial charge >= 0.3 is 0 Å². The van der Waals surface area contributed by atoms with Gasteiger partial charge in [-0.3, -0.25) is 34.2 Å². The zero-order valence-corrected chi connectivity index (χ0v) is 24.6. The van der Waals surface area contributed by atoms with E-state index in [1.807, 2.05) is 24.3 Å². The number of rotatable bonds is 14. The van der Waals surface area contributed by atoms with Crippen LogP contribution in [-0.2, 0) is 20.9 Å². The summed E-state index contributed by atoms with van der Waals surface area (Å²) in [4.78, 5) is 63.0. The van der Waals surface area contributed by atoms with Gasteiger partial charge in [-0.15, -0.1) is 10.2 Å². The third-order valence-corrected chi connectivity index (χ3v) is 7.29. The first-order valence-electron chi connectivity index (χ1n) is 14.6. The molecule has 1 fully saturated rings. The quantitative estimate of drug-likeness (QED) is 0.0827. The van der Waals surface area contributed by atoms with Crippen molar-refractivity contribution in [3.05, 3.63) is 64.7 Å². The van der Waals surface area contributed by atoms with E-state index in [1.54, 1.807) is 19.1 Å². The van der Waals surface area contributed by atoms with Crippen LogP contribution in [0.3, 0.4) is 0 Å². The van der Waals surface area contributed by atoms with Crippen LogP contribution in [0.1, 0.15) is 90.1 Å². The maximum absolute atomic E-state index is 13.1. The predicted molar refractivity (Wildman–Crippen MR) is 163 cm³/mol. The molecule has 2 aliphatic rings. The smallest absolute Gasteiger partial charge is 0.266 e. The van der Waals surface area contributed by atoms with Gasteiger partial charge in [0.1, 0.15) is 17.6 Å². The molecule has 0 bridgehead atoms. The average Bonchev–Trinajstić information content (AvgIpc) is 3.26. The van der Waals surface area contributed by atoms with Crippen molar-refractivity contribution in [1.82, 2.24) is 15.5 Å². The van der Waals surface area contributed by atoms with E-state index in [1.165, 1.54) is 6.07 Å². The van der Waals surface area contributed by atoms with E-state index >= 15 is 0 Å². The molecule has 2 heterocycles. The minimum atomic E-state index is -1.02. The fourth-order valence-electron chi connectivity index (χ4n) is 4.98. The fourth-order valence-corrected chi connectivity index (χ4v) is 4.98. The van der Waals surface area contributed by atoms with E-state index in [0.717, 1.165) is 42.6 Å². The van der Waals surface area contributed by atoms with E-state index in [-0.39, 0.29) is 35.7 Å². The Kier molecular flexibility index (Phi) is 10.8. The number of amidine groups is 2. The molecule has 5 amide bonds. The van der Waals surface area contributed by atoms with Crippen molar-refractivity contribution >= 4 is 41.2 Å². The number of fused-ring (bicyclic) bond motifs is 1. The Labute approximate surface area is 255 Å². The molecule has 0 spiro atoms. The Morgan fingerprint density at radius 1 is 0.977 bits per heavy atom. The van der Waals surface area contributed by atoms with Crippen molar-refractivity contribution in [2.75, 3.05) is 6.61 Å². The highest BCUT2D eigenvalue weighted by molar-refractivity contribution is 6.24. The first kappa shape index (κ1) is 31.9. The monoisotopic (exact) mass is 603 g/mol. The maximum Gasteiger partial charge on any atom is 0.266 e. The summed E-state index contributed by atoms with van der Waals surface area (Å²) in [5.41, 5.74) is 13.3. The van der Waals surface area contributed by atoms with E-state index < -0.39 is 29.7 Å². The Morgan fingerprint density at radius 2 is 1.70 bits per heavy atom. The zero-order chi connectivity index (χ0) is 31.6. The number of nitrogens with one attached hydrogen (secondary N) is 2. The Balaban J connectivity index is 1.12. The van der Waals surface area contributed by atoms with E-state index in [4.69, 9.17) is 16.2 Å². The van der Waals surface area contributed by atoms with E-state index in [9.17, 15) is 24.0 Å². The molecule has 44 heavy (non-hydrogen) atoms. The molecule has 0 aromatic heterocycles. The van der Waals surface area contributed by atoms with E-state index in [2.05, 4.69) is 20.8 Å². The van der Waals surface area contributed by atoms with Gasteiger partial charge in [-0.25, -0.2) is 0 Å². The molecule has 6 N–H and O–H groups in total. The molecule has 0 radical (unpaired) electrons. The molecule has 13 heteroatoms. The molecule has 1 unspecified atom stereocenters. The van der Waals surface area contributed by atoms with Crippen LogP contribution in [-0.4, -0.2) is 58.8 Å². The largest absolute Gasteiger partial charge is 0.493 e. The molecule has 2 aromatic rings. The third-order valence-electron chi connectivity index (χ3n) is 7.29. The summed E-state index contributed by atoms with van der Waals surface area (Å²) < 4.78 is 5.87. The van der Waals surface area contributed by atoms with Crippen molar-refractivity contribution < 1.29 is 28.7 Å². The number of nitrogens with zero attached hydrogens (tertiary/aromatic N) is 3. The first-order chi connectivity index (χ1) is 21.2. The highest BCUT2D eigenvalue weighted by Gasteiger charge is 2.45. The second-order valence-corrected chi connectivity index (χ2v) is 10.7. The number of ether oxygens (including phenoxy) is 1. The highest BCUT2D eigenvalue weighted by atomic mass is 16.5. The highest BCUT2D eigenvalue weighted by Crippen LogP contribution is 2.33. The molecule has 0 aliphatic carbocycles. The minimum Gasteiger partial charge on any atom is -0.493 e. The number of hydrogen-bond acceptors (Lipinski definition) is 8. The topological polar surface area (TPSA) is 199 Å². The normalized spacial score (nSPS) is 17.0. The minimum absolute atomic E-state index is 0.0188. The van der Waals surface area contributed by atoms with Crippen molar-refractivity contribution in [3.63, 3.8) is 0 Å². The van der Waals surface area contributed by atoms with Gasteiger partial charge in [0.05, 0.1) is 17.7 Å². The summed E-state index contributed by atoms with van der Waals surface area (Å²) >= 11 is 0. The number of carbonyl (C=O) groups excluding carboxylic acids is 5.